The maximum absolute atomic E-state index is 14.3. The van der Waals surface area contributed by atoms with Crippen LogP contribution in [-0.2, 0) is 11.2 Å². The zero-order valence-corrected chi connectivity index (χ0v) is 19.1. The predicted octanol–water partition coefficient (Wildman–Crippen LogP) is 2.99. The third kappa shape index (κ3) is 5.22. The van der Waals surface area contributed by atoms with Crippen molar-refractivity contribution >= 4 is 11.8 Å². The van der Waals surface area contributed by atoms with E-state index in [4.69, 9.17) is 0 Å². The topological polar surface area (TPSA) is 75.5 Å². The molecule has 1 fully saturated rings. The second kappa shape index (κ2) is 10.4. The van der Waals surface area contributed by atoms with Gasteiger partial charge in [0.2, 0.25) is 11.3 Å². The van der Waals surface area contributed by atoms with Crippen molar-refractivity contribution in [3.8, 4) is 5.69 Å². The van der Waals surface area contributed by atoms with Crippen LogP contribution in [0.1, 0.15) is 34.6 Å². The van der Waals surface area contributed by atoms with Crippen molar-refractivity contribution < 1.29 is 14.0 Å². The highest BCUT2D eigenvalue weighted by Gasteiger charge is 2.27. The van der Waals surface area contributed by atoms with Gasteiger partial charge in [-0.05, 0) is 37.5 Å². The predicted molar refractivity (Wildman–Crippen MR) is 126 cm³/mol. The molecule has 0 radical (unpaired) electrons. The molecule has 8 heteroatoms. The Kier molecular flexibility index (Phi) is 7.15. The molecule has 0 spiro atoms. The number of aromatic nitrogens is 2. The Labute approximate surface area is 197 Å². The lowest BCUT2D eigenvalue weighted by atomic mass is 10.1. The highest BCUT2D eigenvalue weighted by molar-refractivity contribution is 5.92. The van der Waals surface area contributed by atoms with Gasteiger partial charge in [-0.3, -0.25) is 14.4 Å². The van der Waals surface area contributed by atoms with Gasteiger partial charge in [0, 0.05) is 44.4 Å². The van der Waals surface area contributed by atoms with E-state index in [1.54, 1.807) is 24.0 Å². The van der Waals surface area contributed by atoms with Crippen molar-refractivity contribution in [2.75, 3.05) is 26.2 Å². The number of nitrogens with zero attached hydrogens (tertiary/aromatic N) is 4. The number of hydrogen-bond acceptors (Lipinski definition) is 4. The Balaban J connectivity index is 1.38. The molecule has 34 heavy (non-hydrogen) atoms. The molecule has 1 aliphatic rings. The summed E-state index contributed by atoms with van der Waals surface area (Å²) in [6.45, 7) is 3.08. The van der Waals surface area contributed by atoms with Crippen LogP contribution in [0, 0.1) is 12.7 Å². The third-order valence-electron chi connectivity index (χ3n) is 6.01. The summed E-state index contributed by atoms with van der Waals surface area (Å²) in [6, 6.07) is 17.4. The van der Waals surface area contributed by atoms with Gasteiger partial charge in [0.05, 0.1) is 0 Å². The molecule has 7 nitrogen and oxygen atoms in total. The van der Waals surface area contributed by atoms with E-state index in [0.717, 1.165) is 12.8 Å². The van der Waals surface area contributed by atoms with Crippen LogP contribution in [-0.4, -0.2) is 57.6 Å². The SMILES string of the molecule is Cc1cc(=O)c(C(=O)N2CCN(C(=O)CCCc3ccccc3)CC2)nn1-c1ccccc1F. The average Bonchev–Trinajstić information content (AvgIpc) is 2.85. The zero-order chi connectivity index (χ0) is 24.1. The summed E-state index contributed by atoms with van der Waals surface area (Å²) in [5, 5.41) is 4.19. The lowest BCUT2D eigenvalue weighted by molar-refractivity contribution is -0.132. The quantitative estimate of drug-likeness (QED) is 0.565. The van der Waals surface area contributed by atoms with Gasteiger partial charge in [-0.15, -0.1) is 0 Å². The maximum atomic E-state index is 14.3. The third-order valence-corrected chi connectivity index (χ3v) is 6.01. The number of benzene rings is 2. The van der Waals surface area contributed by atoms with Crippen LogP contribution >= 0.6 is 0 Å². The normalized spacial score (nSPS) is 13.7. The number of hydrogen-bond donors (Lipinski definition) is 0. The Morgan fingerprint density at radius 2 is 1.59 bits per heavy atom. The fourth-order valence-corrected chi connectivity index (χ4v) is 4.12. The minimum absolute atomic E-state index is 0.0680. The number of carbonyl (C=O) groups is 2. The van der Waals surface area contributed by atoms with Gasteiger partial charge in [-0.2, -0.15) is 5.10 Å². The van der Waals surface area contributed by atoms with Gasteiger partial charge in [-0.25, -0.2) is 9.07 Å². The Bertz CT molecular complexity index is 1230. The highest BCUT2D eigenvalue weighted by atomic mass is 19.1. The van der Waals surface area contributed by atoms with Gasteiger partial charge >= 0.3 is 0 Å². The molecule has 2 aromatic carbocycles. The molecular weight excluding hydrogens is 435 g/mol. The summed E-state index contributed by atoms with van der Waals surface area (Å²) >= 11 is 0. The van der Waals surface area contributed by atoms with Crippen LogP contribution in [0.5, 0.6) is 0 Å². The number of halogens is 1. The van der Waals surface area contributed by atoms with Gasteiger partial charge < -0.3 is 9.80 Å². The fourth-order valence-electron chi connectivity index (χ4n) is 4.12. The molecule has 1 saturated heterocycles. The van der Waals surface area contributed by atoms with Crippen molar-refractivity contribution in [1.82, 2.24) is 19.6 Å². The summed E-state index contributed by atoms with van der Waals surface area (Å²) in [4.78, 5) is 41.4. The van der Waals surface area contributed by atoms with Gasteiger partial charge in [-0.1, -0.05) is 42.5 Å². The fraction of sp³-hybridized carbons (Fsp3) is 0.308. The lowest BCUT2D eigenvalue weighted by Crippen LogP contribution is -2.51. The van der Waals surface area contributed by atoms with Crippen molar-refractivity contribution in [2.45, 2.75) is 26.2 Å². The second-order valence-electron chi connectivity index (χ2n) is 8.37. The van der Waals surface area contributed by atoms with Crippen LogP contribution in [0.3, 0.4) is 0 Å². The van der Waals surface area contributed by atoms with E-state index < -0.39 is 17.2 Å². The van der Waals surface area contributed by atoms with E-state index in [1.807, 2.05) is 30.3 Å². The number of aryl methyl sites for hydroxylation is 2. The molecule has 4 rings (SSSR count). The molecule has 0 saturated carbocycles. The molecule has 0 bridgehead atoms. The Morgan fingerprint density at radius 3 is 2.29 bits per heavy atom. The molecule has 1 aliphatic heterocycles. The van der Waals surface area contributed by atoms with Crippen molar-refractivity contribution in [2.24, 2.45) is 0 Å². The second-order valence-corrected chi connectivity index (χ2v) is 8.37. The van der Waals surface area contributed by atoms with Gasteiger partial charge in [0.15, 0.2) is 5.69 Å². The minimum Gasteiger partial charge on any atom is -0.339 e. The largest absolute Gasteiger partial charge is 0.339 e. The smallest absolute Gasteiger partial charge is 0.278 e. The summed E-state index contributed by atoms with van der Waals surface area (Å²) in [6.07, 6.45) is 2.07. The number of rotatable bonds is 6. The molecule has 0 aliphatic carbocycles. The molecule has 0 unspecified atom stereocenters. The van der Waals surface area contributed by atoms with Crippen LogP contribution in [0.2, 0.25) is 0 Å². The van der Waals surface area contributed by atoms with E-state index in [-0.39, 0.29) is 17.3 Å². The van der Waals surface area contributed by atoms with Crippen LogP contribution < -0.4 is 5.43 Å². The number of carbonyl (C=O) groups excluding carboxylic acids is 2. The first-order valence-electron chi connectivity index (χ1n) is 11.4. The summed E-state index contributed by atoms with van der Waals surface area (Å²) < 4.78 is 15.5. The van der Waals surface area contributed by atoms with Crippen molar-refractivity contribution in [3.63, 3.8) is 0 Å². The first-order chi connectivity index (χ1) is 16.4. The van der Waals surface area contributed by atoms with Crippen molar-refractivity contribution in [1.29, 1.82) is 0 Å². The van der Waals surface area contributed by atoms with E-state index in [9.17, 15) is 18.8 Å². The Hall–Kier alpha value is -3.81. The number of amides is 2. The summed E-state index contributed by atoms with van der Waals surface area (Å²) in [5.41, 5.74) is 1.04. The average molecular weight is 463 g/mol. The van der Waals surface area contributed by atoms with E-state index in [2.05, 4.69) is 5.10 Å². The summed E-state index contributed by atoms with van der Waals surface area (Å²) in [5.74, 6) is -0.941. The van der Waals surface area contributed by atoms with E-state index in [0.29, 0.717) is 38.3 Å². The number of para-hydroxylation sites is 1. The summed E-state index contributed by atoms with van der Waals surface area (Å²) in [7, 11) is 0. The van der Waals surface area contributed by atoms with Gasteiger partial charge in [0.25, 0.3) is 5.91 Å². The molecule has 3 aromatic rings. The highest BCUT2D eigenvalue weighted by Crippen LogP contribution is 2.14. The minimum atomic E-state index is -0.508. The monoisotopic (exact) mass is 462 g/mol. The molecule has 2 heterocycles. The molecule has 176 valence electrons. The number of piperazine rings is 1. The van der Waals surface area contributed by atoms with E-state index >= 15 is 0 Å². The van der Waals surface area contributed by atoms with Crippen LogP contribution in [0.25, 0.3) is 5.69 Å². The molecule has 0 atom stereocenters. The van der Waals surface area contributed by atoms with Crippen molar-refractivity contribution in [3.05, 3.63) is 93.7 Å². The van der Waals surface area contributed by atoms with Crippen LogP contribution in [0.15, 0.2) is 65.5 Å². The standard InChI is InChI=1S/C26H27FN4O3/c1-19-18-23(32)25(28-31(19)22-12-6-5-11-21(22)27)26(34)30-16-14-29(15-17-30)24(33)13-7-10-20-8-3-2-4-9-20/h2-6,8-9,11-12,18H,7,10,13-17H2,1H3. The first-order valence-corrected chi connectivity index (χ1v) is 11.4. The first kappa shape index (κ1) is 23.4. The maximum Gasteiger partial charge on any atom is 0.278 e. The molecule has 2 amide bonds. The zero-order valence-electron chi connectivity index (χ0n) is 19.1. The lowest BCUT2D eigenvalue weighted by Gasteiger charge is -2.34. The molecular formula is C26H27FN4O3. The van der Waals surface area contributed by atoms with Crippen LogP contribution in [0.4, 0.5) is 4.39 Å². The molecule has 0 N–H and O–H groups in total. The van der Waals surface area contributed by atoms with Gasteiger partial charge in [0.1, 0.15) is 11.5 Å². The molecule has 1 aromatic heterocycles. The van der Waals surface area contributed by atoms with E-state index in [1.165, 1.54) is 33.3 Å². The Morgan fingerprint density at radius 1 is 0.941 bits per heavy atom.